The second-order valence-electron chi connectivity index (χ2n) is 6.12. The van der Waals surface area contributed by atoms with Crippen molar-refractivity contribution in [3.63, 3.8) is 0 Å². The van der Waals surface area contributed by atoms with Gasteiger partial charge in [-0.1, -0.05) is 47.6 Å². The Morgan fingerprint density at radius 2 is 1.72 bits per heavy atom. The summed E-state index contributed by atoms with van der Waals surface area (Å²) >= 11 is 5.08. The van der Waals surface area contributed by atoms with Crippen molar-refractivity contribution in [2.75, 3.05) is 5.32 Å². The van der Waals surface area contributed by atoms with E-state index in [9.17, 15) is 9.18 Å². The van der Waals surface area contributed by atoms with Gasteiger partial charge in [0.15, 0.2) is 10.9 Å². The molecule has 0 saturated heterocycles. The summed E-state index contributed by atoms with van der Waals surface area (Å²) in [5.41, 5.74) is 7.15. The lowest BCUT2D eigenvalue weighted by Gasteiger charge is -2.12. The number of fused-ring (bicyclic) bond motifs is 1. The molecule has 3 aromatic carbocycles. The molecule has 3 N–H and O–H groups in total. The summed E-state index contributed by atoms with van der Waals surface area (Å²) in [6, 6.07) is 20.6. The van der Waals surface area contributed by atoms with Gasteiger partial charge in [0, 0.05) is 11.1 Å². The largest absolute Gasteiger partial charge is 0.355 e. The van der Waals surface area contributed by atoms with Crippen LogP contribution in [0.15, 0.2) is 77.3 Å². The van der Waals surface area contributed by atoms with Crippen LogP contribution in [0.2, 0.25) is 0 Å². The number of nitrogens with zero attached hydrogens (tertiary/aromatic N) is 1. The monoisotopic (exact) mass is 406 g/mol. The molecule has 1 heterocycles. The molecule has 4 rings (SSSR count). The number of anilines is 1. The first-order valence-corrected chi connectivity index (χ1v) is 9.09. The Morgan fingerprint density at radius 3 is 2.52 bits per heavy atom. The van der Waals surface area contributed by atoms with Crippen molar-refractivity contribution in [3.05, 3.63) is 84.2 Å². The molecule has 0 atom stereocenters. The topological polar surface area (TPSA) is 79.2 Å². The molecule has 29 heavy (non-hydrogen) atoms. The minimum atomic E-state index is -0.450. The van der Waals surface area contributed by atoms with Crippen molar-refractivity contribution in [1.29, 1.82) is 0 Å². The highest BCUT2D eigenvalue weighted by molar-refractivity contribution is 7.80. The van der Waals surface area contributed by atoms with Crippen LogP contribution in [0.25, 0.3) is 22.2 Å². The zero-order valence-electron chi connectivity index (χ0n) is 15.0. The van der Waals surface area contributed by atoms with E-state index in [-0.39, 0.29) is 10.8 Å². The lowest BCUT2D eigenvalue weighted by molar-refractivity contribution is 0.0944. The number of rotatable bonds is 3. The zero-order valence-corrected chi connectivity index (χ0v) is 15.8. The molecule has 6 nitrogen and oxygen atoms in total. The highest BCUT2D eigenvalue weighted by Crippen LogP contribution is 2.29. The summed E-state index contributed by atoms with van der Waals surface area (Å²) in [7, 11) is 0. The number of hydrazine groups is 1. The summed E-state index contributed by atoms with van der Waals surface area (Å²) in [5.74, 6) is -0.279. The van der Waals surface area contributed by atoms with Gasteiger partial charge in [0.2, 0.25) is 0 Å². The number of aromatic nitrogens is 1. The molecule has 0 aliphatic heterocycles. The summed E-state index contributed by atoms with van der Waals surface area (Å²) in [4.78, 5) is 12.5. The number of carbonyl (C=O) groups is 1. The van der Waals surface area contributed by atoms with Crippen LogP contribution in [0.5, 0.6) is 0 Å². The van der Waals surface area contributed by atoms with Crippen molar-refractivity contribution < 1.29 is 13.7 Å². The Kier molecular flexibility index (Phi) is 5.17. The van der Waals surface area contributed by atoms with Crippen LogP contribution in [0, 0.1) is 5.82 Å². The Bertz CT molecular complexity index is 1190. The number of amides is 1. The van der Waals surface area contributed by atoms with Gasteiger partial charge in [-0.25, -0.2) is 4.39 Å². The molecule has 0 unspecified atom stereocenters. The first kappa shape index (κ1) is 18.6. The van der Waals surface area contributed by atoms with E-state index < -0.39 is 11.7 Å². The third kappa shape index (κ3) is 4.07. The zero-order chi connectivity index (χ0) is 20.2. The van der Waals surface area contributed by atoms with E-state index >= 15 is 0 Å². The van der Waals surface area contributed by atoms with Crippen LogP contribution in [-0.2, 0) is 0 Å². The van der Waals surface area contributed by atoms with Gasteiger partial charge in [-0.05, 0) is 42.5 Å². The minimum Gasteiger partial charge on any atom is -0.355 e. The quantitative estimate of drug-likeness (QED) is 0.348. The lowest BCUT2D eigenvalue weighted by Crippen LogP contribution is -2.43. The van der Waals surface area contributed by atoms with Crippen molar-refractivity contribution >= 4 is 39.8 Å². The molecule has 144 valence electrons. The minimum absolute atomic E-state index is 0.0551. The third-order valence-electron chi connectivity index (χ3n) is 4.19. The van der Waals surface area contributed by atoms with Gasteiger partial charge in [-0.3, -0.25) is 15.6 Å². The summed E-state index contributed by atoms with van der Waals surface area (Å²) in [5, 5.41) is 7.49. The third-order valence-corrected chi connectivity index (χ3v) is 4.39. The number of hydrogen-bond donors (Lipinski definition) is 3. The van der Waals surface area contributed by atoms with Crippen molar-refractivity contribution in [3.8, 4) is 11.3 Å². The van der Waals surface area contributed by atoms with Gasteiger partial charge >= 0.3 is 0 Å². The normalized spacial score (nSPS) is 10.5. The standard InChI is InChI=1S/C21H15FN4O2S/c22-16-8-4-5-9-18(16)23-21(29)25-24-20(27)14-10-11-17-15(12-14)19(28-26-17)13-6-2-1-3-7-13/h1-12H,(H,24,27)(H2,23,25,29). The molecule has 8 heteroatoms. The highest BCUT2D eigenvalue weighted by Gasteiger charge is 2.14. The van der Waals surface area contributed by atoms with E-state index in [1.165, 1.54) is 12.1 Å². The van der Waals surface area contributed by atoms with Gasteiger partial charge < -0.3 is 9.84 Å². The number of nitrogens with one attached hydrogen (secondary N) is 3. The van der Waals surface area contributed by atoms with Crippen LogP contribution in [0.1, 0.15) is 10.4 Å². The number of hydrogen-bond acceptors (Lipinski definition) is 4. The van der Waals surface area contributed by atoms with Crippen molar-refractivity contribution in [1.82, 2.24) is 16.0 Å². The van der Waals surface area contributed by atoms with Crippen molar-refractivity contribution in [2.45, 2.75) is 0 Å². The summed E-state index contributed by atoms with van der Waals surface area (Å²) in [6.07, 6.45) is 0. The predicted octanol–water partition coefficient (Wildman–Crippen LogP) is 4.27. The average molecular weight is 406 g/mol. The summed E-state index contributed by atoms with van der Waals surface area (Å²) in [6.45, 7) is 0. The maximum absolute atomic E-state index is 13.7. The van der Waals surface area contributed by atoms with Gasteiger partial charge in [0.05, 0.1) is 11.1 Å². The SMILES string of the molecule is O=C(NNC(=S)Nc1ccccc1F)c1ccc2noc(-c3ccccc3)c2c1. The second kappa shape index (κ2) is 8.07. The van der Waals surface area contributed by atoms with E-state index in [2.05, 4.69) is 21.3 Å². The molecule has 0 fully saturated rings. The van der Waals surface area contributed by atoms with Crippen LogP contribution >= 0.6 is 12.2 Å². The number of para-hydroxylation sites is 1. The van der Waals surface area contributed by atoms with Gasteiger partial charge in [0.25, 0.3) is 5.91 Å². The van der Waals surface area contributed by atoms with E-state index in [0.29, 0.717) is 16.8 Å². The van der Waals surface area contributed by atoms with Gasteiger partial charge in [-0.2, -0.15) is 0 Å². The number of benzene rings is 3. The van der Waals surface area contributed by atoms with E-state index in [4.69, 9.17) is 16.7 Å². The fourth-order valence-corrected chi connectivity index (χ4v) is 2.94. The molecule has 1 aromatic heterocycles. The van der Waals surface area contributed by atoms with E-state index in [1.807, 2.05) is 30.3 Å². The van der Waals surface area contributed by atoms with Crippen LogP contribution in [-0.4, -0.2) is 16.2 Å². The van der Waals surface area contributed by atoms with Gasteiger partial charge in [-0.15, -0.1) is 0 Å². The number of halogens is 1. The van der Waals surface area contributed by atoms with Crippen LogP contribution in [0.3, 0.4) is 0 Å². The molecule has 0 radical (unpaired) electrons. The van der Waals surface area contributed by atoms with E-state index in [1.54, 1.807) is 30.3 Å². The molecule has 0 aliphatic carbocycles. The van der Waals surface area contributed by atoms with Crippen LogP contribution < -0.4 is 16.2 Å². The second-order valence-corrected chi connectivity index (χ2v) is 6.53. The molecule has 0 bridgehead atoms. The molecular weight excluding hydrogens is 391 g/mol. The molecule has 4 aromatic rings. The molecular formula is C21H15FN4O2S. The number of thiocarbonyl (C=S) groups is 1. The molecule has 1 amide bonds. The Labute approximate surface area is 170 Å². The number of carbonyl (C=O) groups excluding carboxylic acids is 1. The maximum atomic E-state index is 13.7. The Balaban J connectivity index is 1.47. The van der Waals surface area contributed by atoms with Crippen molar-refractivity contribution in [2.24, 2.45) is 0 Å². The Morgan fingerprint density at radius 1 is 0.966 bits per heavy atom. The lowest BCUT2D eigenvalue weighted by atomic mass is 10.1. The maximum Gasteiger partial charge on any atom is 0.269 e. The first-order valence-electron chi connectivity index (χ1n) is 8.68. The first-order chi connectivity index (χ1) is 14.1. The fraction of sp³-hybridized carbons (Fsp3) is 0. The average Bonchev–Trinajstić information content (AvgIpc) is 3.17. The predicted molar refractivity (Wildman–Crippen MR) is 113 cm³/mol. The smallest absolute Gasteiger partial charge is 0.269 e. The van der Waals surface area contributed by atoms with Crippen LogP contribution in [0.4, 0.5) is 10.1 Å². The fourth-order valence-electron chi connectivity index (χ4n) is 2.78. The Hall–Kier alpha value is -3.78. The van der Waals surface area contributed by atoms with Gasteiger partial charge in [0.1, 0.15) is 11.3 Å². The summed E-state index contributed by atoms with van der Waals surface area (Å²) < 4.78 is 19.1. The molecule has 0 spiro atoms. The molecule has 0 saturated carbocycles. The molecule has 0 aliphatic rings. The van der Waals surface area contributed by atoms with E-state index in [0.717, 1.165) is 10.9 Å². The highest BCUT2D eigenvalue weighted by atomic mass is 32.1.